The van der Waals surface area contributed by atoms with Gasteiger partial charge in [0.25, 0.3) is 0 Å². The smallest absolute Gasteiger partial charge is 0.227 e. The number of carbonyl (C=O) groups is 2. The highest BCUT2D eigenvalue weighted by molar-refractivity contribution is 6.04. The molecule has 0 saturated carbocycles. The van der Waals surface area contributed by atoms with Crippen molar-refractivity contribution in [1.29, 1.82) is 0 Å². The fourth-order valence-electron chi connectivity index (χ4n) is 3.24. The third-order valence-electron chi connectivity index (χ3n) is 4.88. The number of unbranched alkanes of at least 4 members (excludes halogenated alkanes) is 1. The Morgan fingerprint density at radius 1 is 1.11 bits per heavy atom. The van der Waals surface area contributed by atoms with Gasteiger partial charge in [-0.3, -0.25) is 9.59 Å². The van der Waals surface area contributed by atoms with Crippen molar-refractivity contribution in [3.63, 3.8) is 0 Å². The predicted molar refractivity (Wildman–Crippen MR) is 111 cm³/mol. The third kappa shape index (κ3) is 5.02. The number of hydrogen-bond donors (Lipinski definition) is 1. The van der Waals surface area contributed by atoms with Gasteiger partial charge in [-0.25, -0.2) is 0 Å². The van der Waals surface area contributed by atoms with Gasteiger partial charge in [0.15, 0.2) is 5.76 Å². The molecule has 0 unspecified atom stereocenters. The Labute approximate surface area is 167 Å². The van der Waals surface area contributed by atoms with Gasteiger partial charge in [0.2, 0.25) is 11.7 Å². The number of carbonyl (C=O) groups excluding carboxylic acids is 2. The van der Waals surface area contributed by atoms with Crippen molar-refractivity contribution in [2.45, 2.75) is 66.9 Å². The van der Waals surface area contributed by atoms with Crippen LogP contribution in [-0.4, -0.2) is 34.8 Å². The Hall–Kier alpha value is -2.14. The van der Waals surface area contributed by atoms with Crippen LogP contribution in [0.25, 0.3) is 11.0 Å². The van der Waals surface area contributed by atoms with Crippen LogP contribution in [0.1, 0.15) is 75.6 Å². The number of furan rings is 1. The number of rotatable bonds is 9. The van der Waals surface area contributed by atoms with E-state index in [0.717, 1.165) is 36.8 Å². The zero-order chi connectivity index (χ0) is 20.9. The van der Waals surface area contributed by atoms with E-state index in [-0.39, 0.29) is 30.5 Å². The molecule has 1 aromatic heterocycles. The molecular formula is C23H33NO4. The third-order valence-corrected chi connectivity index (χ3v) is 4.88. The van der Waals surface area contributed by atoms with Crippen molar-refractivity contribution in [2.24, 2.45) is 5.41 Å². The van der Waals surface area contributed by atoms with E-state index >= 15 is 0 Å². The molecule has 1 amide bonds. The van der Waals surface area contributed by atoms with Crippen LogP contribution in [0.4, 0.5) is 0 Å². The van der Waals surface area contributed by atoms with Gasteiger partial charge in [-0.05, 0) is 30.5 Å². The van der Waals surface area contributed by atoms with E-state index in [9.17, 15) is 14.7 Å². The zero-order valence-electron chi connectivity index (χ0n) is 17.8. The first kappa shape index (κ1) is 22.2. The molecule has 1 heterocycles. The van der Waals surface area contributed by atoms with E-state index in [1.807, 2.05) is 31.7 Å². The molecule has 2 rings (SSSR count). The van der Waals surface area contributed by atoms with E-state index in [4.69, 9.17) is 4.42 Å². The van der Waals surface area contributed by atoms with Crippen LogP contribution in [-0.2, 0) is 17.8 Å². The van der Waals surface area contributed by atoms with Crippen molar-refractivity contribution >= 4 is 22.7 Å². The highest BCUT2D eigenvalue weighted by Crippen LogP contribution is 2.32. The molecule has 0 fully saturated rings. The number of aliphatic hydroxyl groups excluding tert-OH is 1. The number of benzene rings is 1. The maximum atomic E-state index is 13.1. The maximum absolute atomic E-state index is 13.1. The van der Waals surface area contributed by atoms with Gasteiger partial charge in [-0.1, -0.05) is 47.1 Å². The quantitative estimate of drug-likeness (QED) is 0.631. The van der Waals surface area contributed by atoms with E-state index in [1.165, 1.54) is 0 Å². The summed E-state index contributed by atoms with van der Waals surface area (Å²) in [7, 11) is 0. The Balaban J connectivity index is 2.49. The van der Waals surface area contributed by atoms with Gasteiger partial charge >= 0.3 is 0 Å². The summed E-state index contributed by atoms with van der Waals surface area (Å²) >= 11 is 0. The molecule has 0 aliphatic carbocycles. The van der Waals surface area contributed by atoms with Gasteiger partial charge in [0.1, 0.15) is 5.58 Å². The highest BCUT2D eigenvalue weighted by Gasteiger charge is 2.31. The van der Waals surface area contributed by atoms with Crippen molar-refractivity contribution in [3.05, 3.63) is 35.1 Å². The summed E-state index contributed by atoms with van der Waals surface area (Å²) in [5.41, 5.74) is 1.32. The minimum Gasteiger partial charge on any atom is -0.453 e. The predicted octanol–water partition coefficient (Wildman–Crippen LogP) is 4.74. The minimum atomic E-state index is -0.614. The van der Waals surface area contributed by atoms with Gasteiger partial charge in [0, 0.05) is 29.5 Å². The van der Waals surface area contributed by atoms with Gasteiger partial charge < -0.3 is 14.4 Å². The lowest BCUT2D eigenvalue weighted by atomic mass is 9.87. The molecule has 154 valence electrons. The number of hydrogen-bond acceptors (Lipinski definition) is 4. The summed E-state index contributed by atoms with van der Waals surface area (Å²) in [6, 6.07) is 5.35. The molecule has 0 radical (unpaired) electrons. The molecule has 0 spiro atoms. The first-order valence-corrected chi connectivity index (χ1v) is 10.2. The summed E-state index contributed by atoms with van der Waals surface area (Å²) in [5.74, 6) is 0.154. The highest BCUT2D eigenvalue weighted by atomic mass is 16.3. The fraction of sp³-hybridized carbons (Fsp3) is 0.565. The molecular weight excluding hydrogens is 354 g/mol. The SMILES string of the molecule is CCCCN(CCC)C(=O)Cc1c(C(=O)C(C)(C)C)oc2ccc(CO)cc12. The van der Waals surface area contributed by atoms with Crippen LogP contribution in [0, 0.1) is 5.41 Å². The molecule has 2 aromatic rings. The Bertz CT molecular complexity index is 829. The molecule has 0 saturated heterocycles. The Morgan fingerprint density at radius 2 is 1.82 bits per heavy atom. The topological polar surface area (TPSA) is 70.8 Å². The van der Waals surface area contributed by atoms with E-state index in [2.05, 4.69) is 13.8 Å². The molecule has 0 aliphatic rings. The molecule has 5 nitrogen and oxygen atoms in total. The lowest BCUT2D eigenvalue weighted by Gasteiger charge is -2.22. The molecule has 5 heteroatoms. The minimum absolute atomic E-state index is 0.00959. The first-order valence-electron chi connectivity index (χ1n) is 10.2. The average molecular weight is 388 g/mol. The van der Waals surface area contributed by atoms with E-state index < -0.39 is 5.41 Å². The first-order chi connectivity index (χ1) is 13.2. The summed E-state index contributed by atoms with van der Waals surface area (Å²) < 4.78 is 5.91. The Kier molecular flexibility index (Phi) is 7.41. The average Bonchev–Trinajstić information content (AvgIpc) is 3.00. The summed E-state index contributed by atoms with van der Waals surface area (Å²) in [6.07, 6.45) is 3.00. The molecule has 0 atom stereocenters. The van der Waals surface area contributed by atoms with Crippen molar-refractivity contribution < 1.29 is 19.1 Å². The molecule has 0 aliphatic heterocycles. The number of amides is 1. The summed E-state index contributed by atoms with van der Waals surface area (Å²) in [6.45, 7) is 11.0. The van der Waals surface area contributed by atoms with Crippen molar-refractivity contribution in [2.75, 3.05) is 13.1 Å². The number of Topliss-reactive ketones (excluding diaryl/α,β-unsaturated/α-hetero) is 1. The van der Waals surface area contributed by atoms with Crippen molar-refractivity contribution in [3.8, 4) is 0 Å². The number of ketones is 1. The second kappa shape index (κ2) is 9.37. The zero-order valence-corrected chi connectivity index (χ0v) is 17.8. The summed E-state index contributed by atoms with van der Waals surface area (Å²) in [4.78, 5) is 27.9. The summed E-state index contributed by atoms with van der Waals surface area (Å²) in [5, 5.41) is 10.2. The van der Waals surface area contributed by atoms with E-state index in [0.29, 0.717) is 17.7 Å². The number of fused-ring (bicyclic) bond motifs is 1. The van der Waals surface area contributed by atoms with Gasteiger partial charge in [-0.15, -0.1) is 0 Å². The van der Waals surface area contributed by atoms with Crippen LogP contribution >= 0.6 is 0 Å². The lowest BCUT2D eigenvalue weighted by Crippen LogP contribution is -2.34. The van der Waals surface area contributed by atoms with Crippen LogP contribution in [0.5, 0.6) is 0 Å². The van der Waals surface area contributed by atoms with Gasteiger partial charge in [0.05, 0.1) is 13.0 Å². The monoisotopic (exact) mass is 387 g/mol. The second-order valence-corrected chi connectivity index (χ2v) is 8.39. The van der Waals surface area contributed by atoms with Gasteiger partial charge in [-0.2, -0.15) is 0 Å². The van der Waals surface area contributed by atoms with Crippen LogP contribution < -0.4 is 0 Å². The molecule has 0 bridgehead atoms. The normalized spacial score (nSPS) is 11.8. The standard InChI is InChI=1S/C23H33NO4/c1-6-8-12-24(11-7-2)20(26)14-18-17-13-16(15-25)9-10-19(17)28-21(18)22(27)23(3,4)5/h9-10,13,25H,6-8,11-12,14-15H2,1-5H3. The number of aliphatic hydroxyl groups is 1. The fourth-order valence-corrected chi connectivity index (χ4v) is 3.24. The van der Waals surface area contributed by atoms with E-state index in [1.54, 1.807) is 12.1 Å². The largest absolute Gasteiger partial charge is 0.453 e. The molecule has 28 heavy (non-hydrogen) atoms. The Morgan fingerprint density at radius 3 is 2.39 bits per heavy atom. The van der Waals surface area contributed by atoms with Crippen LogP contribution in [0.15, 0.2) is 22.6 Å². The van der Waals surface area contributed by atoms with Crippen LogP contribution in [0.2, 0.25) is 0 Å². The molecule has 1 N–H and O–H groups in total. The number of nitrogens with zero attached hydrogens (tertiary/aromatic N) is 1. The molecule has 1 aromatic carbocycles. The van der Waals surface area contributed by atoms with Crippen LogP contribution in [0.3, 0.4) is 0 Å². The maximum Gasteiger partial charge on any atom is 0.227 e. The lowest BCUT2D eigenvalue weighted by molar-refractivity contribution is -0.130. The van der Waals surface area contributed by atoms with Crippen molar-refractivity contribution in [1.82, 2.24) is 4.90 Å². The second-order valence-electron chi connectivity index (χ2n) is 8.39.